The minimum Gasteiger partial charge on any atom is -0.354 e. The first-order valence-corrected chi connectivity index (χ1v) is 9.57. The Balaban J connectivity index is 0.00000210. The minimum absolute atomic E-state index is 0. The van der Waals surface area contributed by atoms with Crippen LogP contribution in [0.1, 0.15) is 32.1 Å². The van der Waals surface area contributed by atoms with Crippen LogP contribution in [0, 0.1) is 17.6 Å². The third-order valence-corrected chi connectivity index (χ3v) is 5.91. The van der Waals surface area contributed by atoms with Crippen molar-refractivity contribution in [2.24, 2.45) is 11.7 Å². The van der Waals surface area contributed by atoms with E-state index in [4.69, 9.17) is 10.3 Å². The highest BCUT2D eigenvalue weighted by Crippen LogP contribution is 2.29. The Morgan fingerprint density at radius 2 is 1.70 bits per heavy atom. The van der Waals surface area contributed by atoms with Crippen molar-refractivity contribution in [2.45, 2.75) is 38.1 Å². The highest BCUT2D eigenvalue weighted by Gasteiger charge is 2.24. The predicted octanol–water partition coefficient (Wildman–Crippen LogP) is 3.56. The zero-order valence-corrected chi connectivity index (χ0v) is 16.2. The summed E-state index contributed by atoms with van der Waals surface area (Å²) in [4.78, 5) is 4.58. The van der Waals surface area contributed by atoms with Crippen molar-refractivity contribution in [3.05, 3.63) is 23.8 Å². The summed E-state index contributed by atoms with van der Waals surface area (Å²) in [6.45, 7) is 4.65. The van der Waals surface area contributed by atoms with E-state index in [9.17, 15) is 8.78 Å². The summed E-state index contributed by atoms with van der Waals surface area (Å²) in [5.41, 5.74) is 6.27. The number of anilines is 1. The van der Waals surface area contributed by atoms with E-state index >= 15 is 0 Å². The molecule has 2 aliphatic rings. The number of benzene rings is 1. The number of rotatable bonds is 4. The molecule has 2 aromatic rings. The molecule has 0 radical (unpaired) electrons. The first-order valence-electron chi connectivity index (χ1n) is 9.57. The molecule has 1 aromatic carbocycles. The van der Waals surface area contributed by atoms with Gasteiger partial charge in [-0.25, -0.2) is 8.78 Å². The van der Waals surface area contributed by atoms with Gasteiger partial charge in [-0.15, -0.1) is 12.4 Å². The fraction of sp³-hybridized carbons (Fsp3) is 0.632. The van der Waals surface area contributed by atoms with Gasteiger partial charge in [0.2, 0.25) is 0 Å². The van der Waals surface area contributed by atoms with Crippen LogP contribution in [-0.4, -0.2) is 48.8 Å². The van der Waals surface area contributed by atoms with E-state index in [1.165, 1.54) is 25.3 Å². The number of nitrogens with zero attached hydrogens (tertiary/aromatic N) is 3. The van der Waals surface area contributed by atoms with Crippen molar-refractivity contribution in [1.29, 1.82) is 0 Å². The largest absolute Gasteiger partial charge is 0.354 e. The van der Waals surface area contributed by atoms with Gasteiger partial charge in [-0.1, -0.05) is 5.16 Å². The van der Waals surface area contributed by atoms with Gasteiger partial charge in [0.05, 0.1) is 5.39 Å². The van der Waals surface area contributed by atoms with E-state index in [1.807, 2.05) is 0 Å². The fourth-order valence-corrected chi connectivity index (χ4v) is 4.17. The molecule has 1 aliphatic heterocycles. The first kappa shape index (κ1) is 20.3. The Kier molecular flexibility index (Phi) is 6.55. The van der Waals surface area contributed by atoms with Crippen molar-refractivity contribution in [1.82, 2.24) is 10.1 Å². The van der Waals surface area contributed by atoms with E-state index < -0.39 is 11.6 Å². The lowest BCUT2D eigenvalue weighted by molar-refractivity contribution is 0.216. The summed E-state index contributed by atoms with van der Waals surface area (Å²) in [6, 6.07) is 2.65. The first-order chi connectivity index (χ1) is 12.6. The normalized spacial score (nSPS) is 24.2. The number of fused-ring (bicyclic) bond motifs is 1. The number of hydrogen-bond donors (Lipinski definition) is 1. The molecule has 1 saturated carbocycles. The highest BCUT2D eigenvalue weighted by atomic mass is 35.5. The second kappa shape index (κ2) is 8.71. The Labute approximate surface area is 164 Å². The van der Waals surface area contributed by atoms with Crippen LogP contribution in [0.15, 0.2) is 16.7 Å². The Bertz CT molecular complexity index is 755. The van der Waals surface area contributed by atoms with Gasteiger partial charge in [-0.2, -0.15) is 0 Å². The van der Waals surface area contributed by atoms with Crippen molar-refractivity contribution in [3.8, 4) is 0 Å². The molecule has 1 aromatic heterocycles. The molecule has 1 saturated heterocycles. The van der Waals surface area contributed by atoms with Gasteiger partial charge in [0.1, 0.15) is 0 Å². The minimum atomic E-state index is -0.909. The molecule has 8 heteroatoms. The molecule has 0 amide bonds. The monoisotopic (exact) mass is 400 g/mol. The average Bonchev–Trinajstić information content (AvgIpc) is 3.05. The van der Waals surface area contributed by atoms with Gasteiger partial charge in [-0.05, 0) is 50.6 Å². The number of hydrogen-bond acceptors (Lipinski definition) is 5. The molecule has 150 valence electrons. The molecule has 2 heterocycles. The van der Waals surface area contributed by atoms with E-state index in [1.54, 1.807) is 0 Å². The Morgan fingerprint density at radius 3 is 2.41 bits per heavy atom. The van der Waals surface area contributed by atoms with Crippen molar-refractivity contribution in [3.63, 3.8) is 0 Å². The van der Waals surface area contributed by atoms with Crippen LogP contribution < -0.4 is 10.6 Å². The smallest absolute Gasteiger partial charge is 0.180 e. The summed E-state index contributed by atoms with van der Waals surface area (Å²) >= 11 is 0. The van der Waals surface area contributed by atoms with Crippen LogP contribution >= 0.6 is 12.4 Å². The second-order valence-corrected chi connectivity index (χ2v) is 7.67. The molecular weight excluding hydrogens is 374 g/mol. The van der Waals surface area contributed by atoms with Crippen molar-refractivity contribution in [2.75, 3.05) is 37.6 Å². The quantitative estimate of drug-likeness (QED) is 0.850. The summed E-state index contributed by atoms with van der Waals surface area (Å²) in [6.07, 6.45) is 6.08. The van der Waals surface area contributed by atoms with Gasteiger partial charge in [0, 0.05) is 38.3 Å². The lowest BCUT2D eigenvalue weighted by Crippen LogP contribution is -2.47. The molecule has 2 fully saturated rings. The van der Waals surface area contributed by atoms with E-state index in [2.05, 4.69) is 15.0 Å². The molecule has 0 bridgehead atoms. The van der Waals surface area contributed by atoms with E-state index in [-0.39, 0.29) is 18.0 Å². The number of piperazine rings is 1. The number of aromatic nitrogens is 1. The summed E-state index contributed by atoms with van der Waals surface area (Å²) in [5, 5.41) is 4.58. The molecule has 0 spiro atoms. The summed E-state index contributed by atoms with van der Waals surface area (Å²) in [7, 11) is 0. The van der Waals surface area contributed by atoms with Gasteiger partial charge in [-0.3, -0.25) is 4.90 Å². The Hall–Kier alpha value is -1.44. The van der Waals surface area contributed by atoms with Gasteiger partial charge >= 0.3 is 0 Å². The van der Waals surface area contributed by atoms with Crippen LogP contribution in [0.2, 0.25) is 0 Å². The Morgan fingerprint density at radius 1 is 1.04 bits per heavy atom. The SMILES string of the molecule is Cl.NC1CCC(CCN2CCN(c3noc4cc(F)c(F)cc34)CC2)CC1. The average molecular weight is 401 g/mol. The van der Waals surface area contributed by atoms with Crippen molar-refractivity contribution >= 4 is 29.2 Å². The van der Waals surface area contributed by atoms with E-state index in [0.29, 0.717) is 17.2 Å². The number of nitrogens with two attached hydrogens (primary N) is 1. The molecule has 0 unspecified atom stereocenters. The molecule has 0 atom stereocenters. The molecular formula is C19H27ClF2N4O. The maximum atomic E-state index is 13.6. The van der Waals surface area contributed by atoms with Gasteiger partial charge in [0.25, 0.3) is 0 Å². The molecule has 1 aliphatic carbocycles. The summed E-state index contributed by atoms with van der Waals surface area (Å²) < 4.78 is 32.1. The molecule has 27 heavy (non-hydrogen) atoms. The standard InChI is InChI=1S/C19H26F2N4O.ClH/c20-16-11-15-18(12-17(16)21)26-23-19(15)25-9-7-24(8-10-25)6-5-13-1-3-14(22)4-2-13;/h11-14H,1-10,22H2;1H. The maximum absolute atomic E-state index is 13.6. The third kappa shape index (κ3) is 4.52. The maximum Gasteiger partial charge on any atom is 0.180 e. The van der Waals surface area contributed by atoms with Gasteiger partial charge in [0.15, 0.2) is 23.0 Å². The van der Waals surface area contributed by atoms with Crippen molar-refractivity contribution < 1.29 is 13.3 Å². The van der Waals surface area contributed by atoms with Crippen LogP contribution in [0.5, 0.6) is 0 Å². The van der Waals surface area contributed by atoms with Crippen LogP contribution in [0.25, 0.3) is 11.0 Å². The zero-order chi connectivity index (χ0) is 18.1. The van der Waals surface area contributed by atoms with Crippen LogP contribution in [-0.2, 0) is 0 Å². The van der Waals surface area contributed by atoms with Crippen LogP contribution in [0.4, 0.5) is 14.6 Å². The lowest BCUT2D eigenvalue weighted by Gasteiger charge is -2.36. The number of halogens is 3. The van der Waals surface area contributed by atoms with Gasteiger partial charge < -0.3 is 15.2 Å². The fourth-order valence-electron chi connectivity index (χ4n) is 4.17. The topological polar surface area (TPSA) is 58.5 Å². The highest BCUT2D eigenvalue weighted by molar-refractivity contribution is 5.88. The lowest BCUT2D eigenvalue weighted by atomic mass is 9.84. The molecule has 4 rings (SSSR count). The summed E-state index contributed by atoms with van der Waals surface area (Å²) in [5.74, 6) is -0.355. The zero-order valence-electron chi connectivity index (χ0n) is 15.4. The third-order valence-electron chi connectivity index (χ3n) is 5.91. The molecule has 2 N–H and O–H groups in total. The van der Waals surface area contributed by atoms with Crippen LogP contribution in [0.3, 0.4) is 0 Å². The molecule has 5 nitrogen and oxygen atoms in total. The second-order valence-electron chi connectivity index (χ2n) is 7.67. The van der Waals surface area contributed by atoms with E-state index in [0.717, 1.165) is 57.5 Å². The predicted molar refractivity (Wildman–Crippen MR) is 104 cm³/mol.